The first-order valence-electron chi connectivity index (χ1n) is 7.13. The summed E-state index contributed by atoms with van der Waals surface area (Å²) in [6.45, 7) is 8.17. The maximum atomic E-state index is 12.2. The molecule has 6 heteroatoms. The van der Waals surface area contributed by atoms with Crippen molar-refractivity contribution in [2.24, 2.45) is 0 Å². The van der Waals surface area contributed by atoms with Crippen LogP contribution < -0.4 is 0 Å². The van der Waals surface area contributed by atoms with E-state index < -0.39 is 5.60 Å². The lowest BCUT2D eigenvalue weighted by Gasteiger charge is -2.46. The van der Waals surface area contributed by atoms with Gasteiger partial charge in [-0.3, -0.25) is 0 Å². The van der Waals surface area contributed by atoms with Gasteiger partial charge in [-0.2, -0.15) is 0 Å². The highest BCUT2D eigenvalue weighted by atomic mass is 127. The fourth-order valence-electron chi connectivity index (χ4n) is 2.67. The van der Waals surface area contributed by atoms with Crippen LogP contribution in [0, 0.1) is 0 Å². The zero-order chi connectivity index (χ0) is 14.8. The van der Waals surface area contributed by atoms with Crippen LogP contribution in [-0.2, 0) is 14.2 Å². The third kappa shape index (κ3) is 4.21. The van der Waals surface area contributed by atoms with E-state index in [9.17, 15) is 4.79 Å². The monoisotopic (exact) mass is 397 g/mol. The van der Waals surface area contributed by atoms with E-state index >= 15 is 0 Å². The lowest BCUT2D eigenvalue weighted by atomic mass is 9.92. The van der Waals surface area contributed by atoms with Crippen molar-refractivity contribution in [3.8, 4) is 0 Å². The summed E-state index contributed by atoms with van der Waals surface area (Å²) in [5, 5.41) is 0. The number of amides is 1. The Labute approximate surface area is 134 Å². The van der Waals surface area contributed by atoms with E-state index in [1.165, 1.54) is 0 Å². The van der Waals surface area contributed by atoms with Gasteiger partial charge in [-0.15, -0.1) is 0 Å². The van der Waals surface area contributed by atoms with Gasteiger partial charge in [-0.1, -0.05) is 22.6 Å². The average Bonchev–Trinajstić information content (AvgIpc) is 2.37. The topological polar surface area (TPSA) is 48.0 Å². The molecule has 2 atom stereocenters. The number of carbonyl (C=O) groups is 1. The third-order valence-corrected chi connectivity index (χ3v) is 4.43. The van der Waals surface area contributed by atoms with Crippen LogP contribution in [-0.4, -0.2) is 59.0 Å². The van der Waals surface area contributed by atoms with Crippen LogP contribution >= 0.6 is 22.6 Å². The van der Waals surface area contributed by atoms with Crippen molar-refractivity contribution in [3.05, 3.63) is 0 Å². The second-order valence-electron chi connectivity index (χ2n) is 6.60. The molecule has 2 saturated heterocycles. The van der Waals surface area contributed by atoms with Gasteiger partial charge in [0.15, 0.2) is 0 Å². The number of likely N-dealkylation sites (tertiary alicyclic amines) is 1. The molecule has 0 aromatic carbocycles. The molecule has 2 fully saturated rings. The average molecular weight is 397 g/mol. The highest BCUT2D eigenvalue weighted by Gasteiger charge is 2.43. The molecule has 2 rings (SSSR count). The van der Waals surface area contributed by atoms with Gasteiger partial charge in [0.1, 0.15) is 11.2 Å². The smallest absolute Gasteiger partial charge is 0.410 e. The van der Waals surface area contributed by atoms with Gasteiger partial charge >= 0.3 is 6.09 Å². The molecule has 20 heavy (non-hydrogen) atoms. The first kappa shape index (κ1) is 16.3. The maximum Gasteiger partial charge on any atom is 0.410 e. The summed E-state index contributed by atoms with van der Waals surface area (Å²) in [5.41, 5.74) is -0.806. The fourth-order valence-corrected chi connectivity index (χ4v) is 3.10. The van der Waals surface area contributed by atoms with Gasteiger partial charge in [-0.05, 0) is 33.6 Å². The Bertz CT molecular complexity index is 354. The Kier molecular flexibility index (Phi) is 5.18. The molecule has 2 heterocycles. The molecule has 0 saturated carbocycles. The van der Waals surface area contributed by atoms with E-state index in [0.717, 1.165) is 23.8 Å². The number of rotatable bonds is 1. The molecular formula is C14H24INO4. The highest BCUT2D eigenvalue weighted by molar-refractivity contribution is 14.1. The molecule has 116 valence electrons. The number of carbonyl (C=O) groups excluding carboxylic acids is 1. The molecule has 0 bridgehead atoms. The molecule has 2 unspecified atom stereocenters. The molecular weight excluding hydrogens is 373 g/mol. The molecule has 5 nitrogen and oxygen atoms in total. The predicted octanol–water partition coefficient (Wildman–Crippen LogP) is 2.61. The second-order valence-corrected chi connectivity index (χ2v) is 7.48. The van der Waals surface area contributed by atoms with Gasteiger partial charge in [0.2, 0.25) is 0 Å². The largest absolute Gasteiger partial charge is 0.444 e. The van der Waals surface area contributed by atoms with Crippen molar-refractivity contribution in [2.45, 2.75) is 50.9 Å². The standard InChI is InChI=1S/C14H24INO4/c1-13(2,3)20-12(17)16-6-4-5-14(9-16)10-18-8-11(7-15)19-14/h11H,4-10H2,1-3H3. The van der Waals surface area contributed by atoms with Gasteiger partial charge in [-0.25, -0.2) is 4.79 Å². The maximum absolute atomic E-state index is 12.2. The quantitative estimate of drug-likeness (QED) is 0.504. The summed E-state index contributed by atoms with van der Waals surface area (Å²) < 4.78 is 18.2. The number of halogens is 1. The SMILES string of the molecule is CC(C)(C)OC(=O)N1CCCC2(COCC(CI)O2)C1. The van der Waals surface area contributed by atoms with Gasteiger partial charge in [0.05, 0.1) is 25.9 Å². The predicted molar refractivity (Wildman–Crippen MR) is 84.4 cm³/mol. The summed E-state index contributed by atoms with van der Waals surface area (Å²) in [7, 11) is 0. The van der Waals surface area contributed by atoms with Crippen molar-refractivity contribution >= 4 is 28.7 Å². The molecule has 0 N–H and O–H groups in total. The normalized spacial score (nSPS) is 31.4. The van der Waals surface area contributed by atoms with E-state index in [4.69, 9.17) is 14.2 Å². The number of nitrogens with zero attached hydrogens (tertiary/aromatic N) is 1. The van der Waals surface area contributed by atoms with E-state index in [2.05, 4.69) is 22.6 Å². The van der Waals surface area contributed by atoms with Crippen LogP contribution in [0.5, 0.6) is 0 Å². The van der Waals surface area contributed by atoms with Crippen LogP contribution in [0.2, 0.25) is 0 Å². The Morgan fingerprint density at radius 3 is 2.90 bits per heavy atom. The van der Waals surface area contributed by atoms with Gasteiger partial charge in [0, 0.05) is 11.0 Å². The van der Waals surface area contributed by atoms with E-state index in [-0.39, 0.29) is 17.8 Å². The Morgan fingerprint density at radius 2 is 2.25 bits per heavy atom. The molecule has 0 aromatic rings. The Balaban J connectivity index is 1.99. The number of hydrogen-bond acceptors (Lipinski definition) is 4. The summed E-state index contributed by atoms with van der Waals surface area (Å²) >= 11 is 2.31. The van der Waals surface area contributed by atoms with Crippen molar-refractivity contribution in [1.29, 1.82) is 0 Å². The Hall–Kier alpha value is -0.0800. The number of piperidine rings is 1. The van der Waals surface area contributed by atoms with Gasteiger partial charge < -0.3 is 19.1 Å². The summed E-state index contributed by atoms with van der Waals surface area (Å²) in [6.07, 6.45) is 1.75. The van der Waals surface area contributed by atoms with Crippen LogP contribution in [0.1, 0.15) is 33.6 Å². The summed E-state index contributed by atoms with van der Waals surface area (Å²) in [4.78, 5) is 14.0. The van der Waals surface area contributed by atoms with Crippen LogP contribution in [0.4, 0.5) is 4.79 Å². The van der Waals surface area contributed by atoms with Crippen molar-refractivity contribution in [1.82, 2.24) is 4.90 Å². The zero-order valence-corrected chi connectivity index (χ0v) is 14.6. The van der Waals surface area contributed by atoms with E-state index in [1.807, 2.05) is 20.8 Å². The molecule has 2 aliphatic heterocycles. The second kappa shape index (κ2) is 6.36. The van der Waals surface area contributed by atoms with E-state index in [1.54, 1.807) is 4.90 Å². The molecule has 0 aliphatic carbocycles. The number of hydrogen-bond donors (Lipinski definition) is 0. The summed E-state index contributed by atoms with van der Waals surface area (Å²) in [6, 6.07) is 0. The molecule has 0 radical (unpaired) electrons. The van der Waals surface area contributed by atoms with Crippen LogP contribution in [0.25, 0.3) is 0 Å². The van der Waals surface area contributed by atoms with Gasteiger partial charge in [0.25, 0.3) is 0 Å². The lowest BCUT2D eigenvalue weighted by Crippen LogP contribution is -2.59. The lowest BCUT2D eigenvalue weighted by molar-refractivity contribution is -0.207. The summed E-state index contributed by atoms with van der Waals surface area (Å²) in [5.74, 6) is 0. The minimum atomic E-state index is -0.462. The molecule has 1 amide bonds. The molecule has 1 spiro atoms. The van der Waals surface area contributed by atoms with Crippen molar-refractivity contribution in [2.75, 3.05) is 30.7 Å². The Morgan fingerprint density at radius 1 is 1.50 bits per heavy atom. The van der Waals surface area contributed by atoms with E-state index in [0.29, 0.717) is 19.8 Å². The molecule has 0 aromatic heterocycles. The van der Waals surface area contributed by atoms with Crippen molar-refractivity contribution < 1.29 is 19.0 Å². The fraction of sp³-hybridized carbons (Fsp3) is 0.929. The van der Waals surface area contributed by atoms with Crippen molar-refractivity contribution in [3.63, 3.8) is 0 Å². The minimum absolute atomic E-state index is 0.128. The minimum Gasteiger partial charge on any atom is -0.444 e. The molecule has 2 aliphatic rings. The first-order chi connectivity index (χ1) is 9.34. The first-order valence-corrected chi connectivity index (χ1v) is 8.66. The highest BCUT2D eigenvalue weighted by Crippen LogP contribution is 2.31. The number of ether oxygens (including phenoxy) is 3. The zero-order valence-electron chi connectivity index (χ0n) is 12.5. The van der Waals surface area contributed by atoms with Crippen LogP contribution in [0.15, 0.2) is 0 Å². The third-order valence-electron chi connectivity index (χ3n) is 3.45. The number of alkyl halides is 1. The van der Waals surface area contributed by atoms with Crippen LogP contribution in [0.3, 0.4) is 0 Å².